The maximum atomic E-state index is 7.61. The second-order valence-corrected chi connectivity index (χ2v) is 18.4. The molecule has 0 spiro atoms. The topological polar surface area (TPSA) is 49.3 Å². The van der Waals surface area contributed by atoms with Crippen LogP contribution in [0.2, 0.25) is 0 Å². The number of nitrogens with zero attached hydrogens (tertiary/aromatic N) is 7. The zero-order valence-corrected chi connectivity index (χ0v) is 39.1. The molecule has 0 amide bonds. The predicted molar refractivity (Wildman–Crippen MR) is 299 cm³/mol. The predicted octanol–water partition coefficient (Wildman–Crippen LogP) is 17.5. The minimum atomic E-state index is 0.516. The average Bonchev–Trinajstić information content (AvgIpc) is 4.10. The van der Waals surface area contributed by atoms with Gasteiger partial charge in [-0.25, -0.2) is 19.7 Å². The van der Waals surface area contributed by atoms with Crippen molar-refractivity contribution >= 4 is 76.8 Å². The van der Waals surface area contributed by atoms with Crippen LogP contribution in [0.5, 0.6) is 0 Å². The van der Waals surface area contributed by atoms with E-state index >= 15 is 0 Å². The van der Waals surface area contributed by atoms with E-state index in [0.29, 0.717) is 22.9 Å². The summed E-state index contributed by atoms with van der Waals surface area (Å²) >= 11 is 0. The van der Waals surface area contributed by atoms with Crippen molar-refractivity contribution in [2.24, 2.45) is 0 Å². The molecule has 0 radical (unpaired) electrons. The highest BCUT2D eigenvalue weighted by Crippen LogP contribution is 2.40. The van der Waals surface area contributed by atoms with E-state index in [-0.39, 0.29) is 0 Å². The molecule has 0 aliphatic heterocycles. The van der Waals surface area contributed by atoms with Gasteiger partial charge in [-0.15, -0.1) is 0 Å². The van der Waals surface area contributed by atoms with Gasteiger partial charge in [0.05, 0.1) is 57.6 Å². The highest BCUT2D eigenvalue weighted by molar-refractivity contribution is 6.14. The molecule has 7 nitrogen and oxygen atoms in total. The van der Waals surface area contributed by atoms with Crippen LogP contribution in [0.4, 0.5) is 11.4 Å². The summed E-state index contributed by atoms with van der Waals surface area (Å²) in [6.45, 7) is 15.2. The number of aromatic nitrogens is 5. The fraction of sp³-hybridized carbons (Fsp3) is 0. The van der Waals surface area contributed by atoms with E-state index in [1.165, 1.54) is 54.4 Å². The first kappa shape index (κ1) is 41.6. The first-order valence-electron chi connectivity index (χ1n) is 24.2. The van der Waals surface area contributed by atoms with E-state index < -0.39 is 0 Å². The van der Waals surface area contributed by atoms with Gasteiger partial charge in [-0.2, -0.15) is 0 Å². The Morgan fingerprint density at radius 3 is 1.12 bits per heavy atom. The molecule has 14 aromatic rings. The quantitative estimate of drug-likeness (QED) is 0.150. The first-order valence-corrected chi connectivity index (χ1v) is 24.2. The molecule has 14 rings (SSSR count). The molecule has 0 unspecified atom stereocenters. The van der Waals surface area contributed by atoms with Crippen LogP contribution in [-0.2, 0) is 0 Å². The largest absolute Gasteiger partial charge is 0.309 e. The molecule has 10 aromatic carbocycles. The SMILES string of the molecule is [C-]#[N+]c1cccc(-c2cc(-c3ccc(-c4ccc(-n5c6ccc(-n7c8ccccc8c8ccccc87)cc6c6cc(-n7c8ccccc8c8ccccc87)ccc65)cc4)cc3)nc(-c3cccc([N+]#[C-])c3)n2)c1. The maximum Gasteiger partial charge on any atom is 0.187 e. The van der Waals surface area contributed by atoms with Crippen molar-refractivity contribution in [2.45, 2.75) is 0 Å². The van der Waals surface area contributed by atoms with Gasteiger partial charge < -0.3 is 13.7 Å². The molecule has 0 atom stereocenters. The van der Waals surface area contributed by atoms with Gasteiger partial charge >= 0.3 is 0 Å². The van der Waals surface area contributed by atoms with E-state index in [2.05, 4.69) is 205 Å². The Kier molecular flexibility index (Phi) is 9.50. The van der Waals surface area contributed by atoms with Crippen molar-refractivity contribution < 1.29 is 0 Å². The number of hydrogen-bond donors (Lipinski definition) is 0. The first-order chi connectivity index (χ1) is 36.1. The summed E-state index contributed by atoms with van der Waals surface area (Å²) in [4.78, 5) is 17.3. The van der Waals surface area contributed by atoms with E-state index in [0.717, 1.165) is 61.6 Å². The minimum Gasteiger partial charge on any atom is -0.309 e. The van der Waals surface area contributed by atoms with Crippen molar-refractivity contribution in [1.29, 1.82) is 0 Å². The van der Waals surface area contributed by atoms with Crippen molar-refractivity contribution in [3.05, 3.63) is 259 Å². The average molecular weight is 930 g/mol. The molecule has 4 aromatic heterocycles. The van der Waals surface area contributed by atoms with Gasteiger partial charge in [-0.3, -0.25) is 0 Å². The lowest BCUT2D eigenvalue weighted by atomic mass is 10.0. The van der Waals surface area contributed by atoms with Gasteiger partial charge in [-0.1, -0.05) is 146 Å². The number of benzene rings is 10. The highest BCUT2D eigenvalue weighted by atomic mass is 15.0. The van der Waals surface area contributed by atoms with Crippen LogP contribution in [0, 0.1) is 13.1 Å². The van der Waals surface area contributed by atoms with Gasteiger partial charge in [0.2, 0.25) is 0 Å². The maximum absolute atomic E-state index is 7.61. The highest BCUT2D eigenvalue weighted by Gasteiger charge is 2.20. The molecule has 0 saturated carbocycles. The third-order valence-electron chi connectivity index (χ3n) is 14.3. The van der Waals surface area contributed by atoms with Crippen LogP contribution in [0.15, 0.2) is 237 Å². The molecule has 0 fully saturated rings. The summed E-state index contributed by atoms with van der Waals surface area (Å²) in [5, 5.41) is 7.29. The second kappa shape index (κ2) is 16.7. The monoisotopic (exact) mass is 929 g/mol. The molecular weight excluding hydrogens is 891 g/mol. The number of para-hydroxylation sites is 4. The summed E-state index contributed by atoms with van der Waals surface area (Å²) < 4.78 is 7.20. The Bertz CT molecular complexity index is 4280. The van der Waals surface area contributed by atoms with Crippen molar-refractivity contribution in [2.75, 3.05) is 0 Å². The summed E-state index contributed by atoms with van der Waals surface area (Å²) in [5.41, 5.74) is 17.5. The molecule has 7 heteroatoms. The van der Waals surface area contributed by atoms with Gasteiger partial charge in [0, 0.05) is 60.5 Å². The lowest BCUT2D eigenvalue weighted by Crippen LogP contribution is -1.96. The molecule has 338 valence electrons. The lowest BCUT2D eigenvalue weighted by Gasteiger charge is -2.12. The standard InChI is InChI=1S/C66H39N7/c1-67-47-15-11-13-45(37-47)59-41-58(69-66(70-59)46-14-12-16-48(38-46)68-2)44-27-25-42(26-28-44)43-29-31-49(32-30-43)71-64-35-33-50(72-60-21-7-3-17-52(60)53-18-4-8-22-61(53)72)39-56(64)57-40-51(34-36-65(57)71)73-62-23-9-5-19-54(62)55-20-6-10-24-63(55)73/h3-41H. The summed E-state index contributed by atoms with van der Waals surface area (Å²) in [6, 6.07) is 82.7. The Morgan fingerprint density at radius 2 is 0.644 bits per heavy atom. The fourth-order valence-electron chi connectivity index (χ4n) is 10.9. The minimum absolute atomic E-state index is 0.516. The Hall–Kier alpha value is -10.3. The van der Waals surface area contributed by atoms with Crippen LogP contribution in [0.25, 0.3) is 137 Å². The van der Waals surface area contributed by atoms with Crippen molar-refractivity contribution in [3.8, 4) is 62.1 Å². The van der Waals surface area contributed by atoms with E-state index in [9.17, 15) is 0 Å². The van der Waals surface area contributed by atoms with Crippen LogP contribution in [-0.4, -0.2) is 23.7 Å². The Morgan fingerprint density at radius 1 is 0.274 bits per heavy atom. The normalized spacial score (nSPS) is 11.5. The number of fused-ring (bicyclic) bond motifs is 9. The third-order valence-corrected chi connectivity index (χ3v) is 14.3. The second-order valence-electron chi connectivity index (χ2n) is 18.4. The fourth-order valence-corrected chi connectivity index (χ4v) is 10.9. The molecule has 0 aliphatic carbocycles. The smallest absolute Gasteiger partial charge is 0.187 e. The van der Waals surface area contributed by atoms with Crippen LogP contribution in [0.1, 0.15) is 0 Å². The van der Waals surface area contributed by atoms with Crippen LogP contribution < -0.4 is 0 Å². The van der Waals surface area contributed by atoms with Gasteiger partial charge in [-0.05, 0) is 108 Å². The summed E-state index contributed by atoms with van der Waals surface area (Å²) in [6.07, 6.45) is 0. The van der Waals surface area contributed by atoms with Gasteiger partial charge in [0.1, 0.15) is 0 Å². The molecule has 4 heterocycles. The summed E-state index contributed by atoms with van der Waals surface area (Å²) in [7, 11) is 0. The molecule has 0 saturated heterocycles. The van der Waals surface area contributed by atoms with Crippen LogP contribution in [0.3, 0.4) is 0 Å². The van der Waals surface area contributed by atoms with Crippen molar-refractivity contribution in [1.82, 2.24) is 23.7 Å². The van der Waals surface area contributed by atoms with E-state index in [1.807, 2.05) is 42.5 Å². The number of rotatable bonds is 7. The molecule has 0 aliphatic rings. The lowest BCUT2D eigenvalue weighted by molar-refractivity contribution is 1.16. The third kappa shape index (κ3) is 6.80. The van der Waals surface area contributed by atoms with E-state index in [1.54, 1.807) is 12.1 Å². The zero-order chi connectivity index (χ0) is 48.6. The molecule has 73 heavy (non-hydrogen) atoms. The Balaban J connectivity index is 0.881. The van der Waals surface area contributed by atoms with Gasteiger partial charge in [0.15, 0.2) is 17.2 Å². The van der Waals surface area contributed by atoms with Crippen LogP contribution >= 0.6 is 0 Å². The molecule has 0 bridgehead atoms. The molecule has 0 N–H and O–H groups in total. The van der Waals surface area contributed by atoms with Crippen molar-refractivity contribution in [3.63, 3.8) is 0 Å². The van der Waals surface area contributed by atoms with Gasteiger partial charge in [0.25, 0.3) is 0 Å². The Labute approximate surface area is 420 Å². The van der Waals surface area contributed by atoms with E-state index in [4.69, 9.17) is 23.1 Å². The zero-order valence-electron chi connectivity index (χ0n) is 39.1. The number of hydrogen-bond acceptors (Lipinski definition) is 2. The molecular formula is C66H39N7. The summed E-state index contributed by atoms with van der Waals surface area (Å²) in [5.74, 6) is 0.516.